The number of halogens is 3. The van der Waals surface area contributed by atoms with E-state index in [2.05, 4.69) is 10.1 Å². The predicted molar refractivity (Wildman–Crippen MR) is 62.2 cm³/mol. The molecule has 0 saturated heterocycles. The second kappa shape index (κ2) is 6.90. The van der Waals surface area contributed by atoms with Crippen molar-refractivity contribution < 1.29 is 32.6 Å². The quantitative estimate of drug-likeness (QED) is 0.779. The molecule has 0 spiro atoms. The van der Waals surface area contributed by atoms with Gasteiger partial charge in [0.1, 0.15) is 6.61 Å². The molecule has 0 aliphatic rings. The molecule has 0 bridgehead atoms. The van der Waals surface area contributed by atoms with E-state index in [9.17, 15) is 22.8 Å². The van der Waals surface area contributed by atoms with Gasteiger partial charge < -0.3 is 15.2 Å². The second-order valence-corrected chi connectivity index (χ2v) is 3.78. The molecule has 2 N–H and O–H groups in total. The van der Waals surface area contributed by atoms with Crippen LogP contribution in [0.25, 0.3) is 0 Å². The maximum atomic E-state index is 12.5. The van der Waals surface area contributed by atoms with Crippen LogP contribution in [0.5, 0.6) is 0 Å². The number of rotatable bonds is 6. The van der Waals surface area contributed by atoms with Gasteiger partial charge in [-0.05, 0) is 18.2 Å². The number of amides is 1. The Bertz CT molecular complexity index is 488. The average molecular weight is 291 g/mol. The van der Waals surface area contributed by atoms with E-state index in [0.29, 0.717) is 0 Å². The maximum absolute atomic E-state index is 12.5. The third kappa shape index (κ3) is 5.27. The van der Waals surface area contributed by atoms with Crippen LogP contribution in [-0.4, -0.2) is 36.7 Å². The molecule has 0 unspecified atom stereocenters. The minimum absolute atomic E-state index is 0.00234. The zero-order valence-corrected chi connectivity index (χ0v) is 10.2. The van der Waals surface area contributed by atoms with Gasteiger partial charge in [-0.3, -0.25) is 4.79 Å². The molecule has 110 valence electrons. The number of hydrogen-bond acceptors (Lipinski definition) is 3. The fraction of sp³-hybridized carbons (Fsp3) is 0.333. The van der Waals surface area contributed by atoms with E-state index in [0.717, 1.165) is 18.2 Å². The topological polar surface area (TPSA) is 75.6 Å². The molecule has 0 saturated carbocycles. The van der Waals surface area contributed by atoms with Crippen molar-refractivity contribution in [2.75, 3.05) is 19.8 Å². The highest BCUT2D eigenvalue weighted by atomic mass is 19.4. The van der Waals surface area contributed by atoms with Gasteiger partial charge in [0.05, 0.1) is 12.2 Å². The van der Waals surface area contributed by atoms with Crippen molar-refractivity contribution >= 4 is 11.9 Å². The van der Waals surface area contributed by atoms with E-state index in [1.807, 2.05) is 0 Å². The van der Waals surface area contributed by atoms with E-state index in [-0.39, 0.29) is 18.7 Å². The zero-order chi connectivity index (χ0) is 15.2. The van der Waals surface area contributed by atoms with Crippen molar-refractivity contribution in [3.63, 3.8) is 0 Å². The summed E-state index contributed by atoms with van der Waals surface area (Å²) in [7, 11) is 0. The van der Waals surface area contributed by atoms with Gasteiger partial charge in [0.25, 0.3) is 5.91 Å². The number of carboxylic acid groups (broad SMARTS) is 1. The second-order valence-electron chi connectivity index (χ2n) is 3.78. The van der Waals surface area contributed by atoms with Gasteiger partial charge in [0.2, 0.25) is 0 Å². The van der Waals surface area contributed by atoms with Crippen LogP contribution >= 0.6 is 0 Å². The third-order valence-corrected chi connectivity index (χ3v) is 2.21. The van der Waals surface area contributed by atoms with Crippen LogP contribution in [0.2, 0.25) is 0 Å². The van der Waals surface area contributed by atoms with Crippen molar-refractivity contribution in [2.45, 2.75) is 6.18 Å². The van der Waals surface area contributed by atoms with Crippen LogP contribution in [0.1, 0.15) is 15.9 Å². The van der Waals surface area contributed by atoms with Crippen LogP contribution < -0.4 is 5.32 Å². The molecule has 0 atom stereocenters. The first-order chi connectivity index (χ1) is 9.30. The lowest BCUT2D eigenvalue weighted by Crippen LogP contribution is -2.28. The fourth-order valence-electron chi connectivity index (χ4n) is 1.34. The molecule has 20 heavy (non-hydrogen) atoms. The highest BCUT2D eigenvalue weighted by Gasteiger charge is 2.30. The summed E-state index contributed by atoms with van der Waals surface area (Å²) in [6.07, 6.45) is -4.51. The van der Waals surface area contributed by atoms with Gasteiger partial charge in [0.15, 0.2) is 0 Å². The molecular formula is C12H12F3NO4. The molecule has 8 heteroatoms. The predicted octanol–water partition coefficient (Wildman–Crippen LogP) is 1.54. The number of carboxylic acids is 1. The molecular weight excluding hydrogens is 279 g/mol. The van der Waals surface area contributed by atoms with Crippen LogP contribution in [-0.2, 0) is 15.7 Å². The van der Waals surface area contributed by atoms with Crippen LogP contribution in [0.15, 0.2) is 24.3 Å². The van der Waals surface area contributed by atoms with Crippen molar-refractivity contribution in [1.29, 1.82) is 0 Å². The number of hydrogen-bond donors (Lipinski definition) is 2. The van der Waals surface area contributed by atoms with Gasteiger partial charge in [-0.25, -0.2) is 4.79 Å². The molecule has 0 radical (unpaired) electrons. The molecule has 0 heterocycles. The Labute approximate surface area is 112 Å². The van der Waals surface area contributed by atoms with Crippen molar-refractivity contribution in [1.82, 2.24) is 5.32 Å². The van der Waals surface area contributed by atoms with E-state index in [1.54, 1.807) is 0 Å². The summed E-state index contributed by atoms with van der Waals surface area (Å²) in [4.78, 5) is 21.7. The number of ether oxygens (including phenoxy) is 1. The zero-order valence-electron chi connectivity index (χ0n) is 10.2. The summed E-state index contributed by atoms with van der Waals surface area (Å²) in [6, 6.07) is 4.00. The largest absolute Gasteiger partial charge is 0.480 e. The van der Waals surface area contributed by atoms with Gasteiger partial charge in [-0.2, -0.15) is 13.2 Å². The summed E-state index contributed by atoms with van der Waals surface area (Å²) in [5, 5.41) is 10.6. The normalized spacial score (nSPS) is 11.2. The van der Waals surface area contributed by atoms with Gasteiger partial charge >= 0.3 is 12.1 Å². The van der Waals surface area contributed by atoms with Crippen LogP contribution in [0.4, 0.5) is 13.2 Å². The first-order valence-electron chi connectivity index (χ1n) is 5.55. The molecule has 1 aromatic rings. The smallest absolute Gasteiger partial charge is 0.416 e. The summed E-state index contributed by atoms with van der Waals surface area (Å²) in [6.45, 7) is -0.543. The maximum Gasteiger partial charge on any atom is 0.416 e. The van der Waals surface area contributed by atoms with E-state index in [4.69, 9.17) is 5.11 Å². The molecule has 0 fully saturated rings. The molecule has 1 rings (SSSR count). The van der Waals surface area contributed by atoms with Crippen molar-refractivity contribution in [3.05, 3.63) is 35.4 Å². The van der Waals surface area contributed by atoms with Gasteiger partial charge in [-0.1, -0.05) is 6.07 Å². The van der Waals surface area contributed by atoms with E-state index >= 15 is 0 Å². The van der Waals surface area contributed by atoms with Crippen molar-refractivity contribution in [3.8, 4) is 0 Å². The Morgan fingerprint density at radius 2 is 2.00 bits per heavy atom. The summed E-state index contributed by atoms with van der Waals surface area (Å²) in [5.74, 6) is -1.83. The number of nitrogens with one attached hydrogen (secondary N) is 1. The Morgan fingerprint density at radius 1 is 1.30 bits per heavy atom. The Kier molecular flexibility index (Phi) is 5.51. The highest BCUT2D eigenvalue weighted by molar-refractivity contribution is 5.94. The lowest BCUT2D eigenvalue weighted by atomic mass is 10.1. The van der Waals surface area contributed by atoms with E-state index in [1.165, 1.54) is 6.07 Å². The van der Waals surface area contributed by atoms with Crippen LogP contribution in [0, 0.1) is 0 Å². The molecule has 0 aromatic heterocycles. The van der Waals surface area contributed by atoms with Gasteiger partial charge in [-0.15, -0.1) is 0 Å². The standard InChI is InChI=1S/C12H12F3NO4/c13-12(14,15)9-3-1-2-8(6-9)11(19)16-4-5-20-7-10(17)18/h1-3,6H,4-5,7H2,(H,16,19)(H,17,18). The average Bonchev–Trinajstić information content (AvgIpc) is 2.37. The summed E-state index contributed by atoms with van der Waals surface area (Å²) in [5.41, 5.74) is -1.04. The highest BCUT2D eigenvalue weighted by Crippen LogP contribution is 2.29. The number of alkyl halides is 3. The van der Waals surface area contributed by atoms with E-state index < -0.39 is 30.2 Å². The Morgan fingerprint density at radius 3 is 2.60 bits per heavy atom. The Hall–Kier alpha value is -2.09. The molecule has 1 amide bonds. The van der Waals surface area contributed by atoms with Gasteiger partial charge in [0, 0.05) is 12.1 Å². The molecule has 5 nitrogen and oxygen atoms in total. The minimum atomic E-state index is -4.51. The number of carbonyl (C=O) groups excluding carboxylic acids is 1. The fourth-order valence-corrected chi connectivity index (χ4v) is 1.34. The lowest BCUT2D eigenvalue weighted by molar-refractivity contribution is -0.142. The number of benzene rings is 1. The number of aliphatic carboxylic acids is 1. The molecule has 0 aliphatic carbocycles. The number of carbonyl (C=O) groups is 2. The summed E-state index contributed by atoms with van der Waals surface area (Å²) >= 11 is 0. The lowest BCUT2D eigenvalue weighted by Gasteiger charge is -2.09. The molecule has 0 aliphatic heterocycles. The van der Waals surface area contributed by atoms with Crippen LogP contribution in [0.3, 0.4) is 0 Å². The Balaban J connectivity index is 2.50. The molecule has 1 aromatic carbocycles. The minimum Gasteiger partial charge on any atom is -0.480 e. The SMILES string of the molecule is O=C(O)COCCNC(=O)c1cccc(C(F)(F)F)c1. The first kappa shape index (κ1) is 16.0. The first-order valence-corrected chi connectivity index (χ1v) is 5.55. The van der Waals surface area contributed by atoms with Crippen molar-refractivity contribution in [2.24, 2.45) is 0 Å². The third-order valence-electron chi connectivity index (χ3n) is 2.21. The monoisotopic (exact) mass is 291 g/mol. The summed E-state index contributed by atoms with van der Waals surface area (Å²) < 4.78 is 42.0.